The zero-order valence-electron chi connectivity index (χ0n) is 7.83. The number of rotatable bonds is 3. The van der Waals surface area contributed by atoms with Crippen molar-refractivity contribution in [2.75, 3.05) is 0 Å². The van der Waals surface area contributed by atoms with E-state index in [9.17, 15) is 14.4 Å². The second kappa shape index (κ2) is 5.46. The fourth-order valence-corrected chi connectivity index (χ4v) is 5.35. The summed E-state index contributed by atoms with van der Waals surface area (Å²) in [6.45, 7) is 3.21. The molecule has 0 fully saturated rings. The Morgan fingerprint density at radius 2 is 1.07 bits per heavy atom. The molecule has 0 aliphatic rings. The second-order valence-electron chi connectivity index (χ2n) is 2.26. The molecule has 0 aromatic carbocycles. The van der Waals surface area contributed by atoms with E-state index in [1.807, 2.05) is 0 Å². The first-order valence-corrected chi connectivity index (χ1v) is 9.70. The summed E-state index contributed by atoms with van der Waals surface area (Å²) in [6.07, 6.45) is 0. The Balaban J connectivity index is 4.56. The van der Waals surface area contributed by atoms with Crippen LogP contribution in [0.25, 0.3) is 0 Å². The van der Waals surface area contributed by atoms with Gasteiger partial charge in [0, 0.05) is 0 Å². The minimum absolute atomic E-state index is 0.765. The molecule has 0 spiro atoms. The molecule has 6 nitrogen and oxygen atoms in total. The first-order chi connectivity index (χ1) is 6.25. The standard InChI is InChI=1S/3C2H4O2.ClH.Zr/c3*1-2(3)4;;/h3*1H3,(H,3,4);1H;/q;;;;+4/p-4. The Bertz CT molecular complexity index is 224. The normalized spacial score (nSPS) is 10.3. The van der Waals surface area contributed by atoms with Gasteiger partial charge in [-0.05, 0) is 0 Å². The van der Waals surface area contributed by atoms with E-state index in [-0.39, 0.29) is 0 Å². The van der Waals surface area contributed by atoms with Crippen molar-refractivity contribution in [3.63, 3.8) is 0 Å². The molecule has 0 aliphatic carbocycles. The van der Waals surface area contributed by atoms with Crippen molar-refractivity contribution in [1.29, 1.82) is 0 Å². The van der Waals surface area contributed by atoms with Crippen LogP contribution in [0.15, 0.2) is 0 Å². The van der Waals surface area contributed by atoms with Crippen molar-refractivity contribution in [3.8, 4) is 0 Å². The van der Waals surface area contributed by atoms with E-state index in [1.165, 1.54) is 0 Å². The zero-order valence-corrected chi connectivity index (χ0v) is 11.0. The maximum absolute atomic E-state index is 10.6. The van der Waals surface area contributed by atoms with Crippen LogP contribution in [0.5, 0.6) is 0 Å². The molecule has 80 valence electrons. The number of halogens is 1. The Labute approximate surface area is 90.3 Å². The van der Waals surface area contributed by atoms with E-state index in [2.05, 4.69) is 8.44 Å². The van der Waals surface area contributed by atoms with E-state index in [1.54, 1.807) is 0 Å². The molecule has 0 heterocycles. The van der Waals surface area contributed by atoms with Gasteiger partial charge in [-0.1, -0.05) is 0 Å². The average molecular weight is 304 g/mol. The van der Waals surface area contributed by atoms with E-state index in [0.717, 1.165) is 20.8 Å². The summed E-state index contributed by atoms with van der Waals surface area (Å²) < 4.78 is 13.5. The summed E-state index contributed by atoms with van der Waals surface area (Å²) in [6, 6.07) is 0. The van der Waals surface area contributed by atoms with E-state index in [0.29, 0.717) is 0 Å². The van der Waals surface area contributed by atoms with Crippen molar-refractivity contribution >= 4 is 26.4 Å². The molecule has 0 atom stereocenters. The first-order valence-electron chi connectivity index (χ1n) is 3.53. The number of carbonyl (C=O) groups excluding carboxylic acids is 3. The van der Waals surface area contributed by atoms with Crippen LogP contribution in [0.4, 0.5) is 0 Å². The van der Waals surface area contributed by atoms with E-state index < -0.39 is 38.3 Å². The van der Waals surface area contributed by atoms with Gasteiger partial charge in [0.15, 0.2) is 0 Å². The van der Waals surface area contributed by atoms with Crippen LogP contribution < -0.4 is 0 Å². The molecule has 14 heavy (non-hydrogen) atoms. The van der Waals surface area contributed by atoms with Crippen LogP contribution in [0.2, 0.25) is 0 Å². The maximum atomic E-state index is 10.6. The third kappa shape index (κ3) is 6.10. The monoisotopic (exact) mass is 302 g/mol. The molecule has 0 amide bonds. The van der Waals surface area contributed by atoms with Crippen molar-refractivity contribution in [2.24, 2.45) is 0 Å². The Morgan fingerprint density at radius 3 is 1.21 bits per heavy atom. The quantitative estimate of drug-likeness (QED) is 0.765. The molecule has 0 aromatic heterocycles. The van der Waals surface area contributed by atoms with Crippen LogP contribution >= 0.6 is 8.51 Å². The molecule has 8 heteroatoms. The third-order valence-corrected chi connectivity index (χ3v) is 6.08. The molecule has 0 bridgehead atoms. The van der Waals surface area contributed by atoms with Gasteiger partial charge < -0.3 is 0 Å². The summed E-state index contributed by atoms with van der Waals surface area (Å²) in [7, 11) is 5.61. The molecule has 0 saturated heterocycles. The van der Waals surface area contributed by atoms with E-state index >= 15 is 0 Å². The van der Waals surface area contributed by atoms with Gasteiger partial charge in [-0.25, -0.2) is 0 Å². The number of carbonyl (C=O) groups is 3. The Morgan fingerprint density at radius 1 is 0.857 bits per heavy atom. The van der Waals surface area contributed by atoms with Gasteiger partial charge in [0.2, 0.25) is 0 Å². The van der Waals surface area contributed by atoms with Gasteiger partial charge in [-0.15, -0.1) is 0 Å². The predicted molar refractivity (Wildman–Crippen MR) is 41.2 cm³/mol. The van der Waals surface area contributed by atoms with Crippen molar-refractivity contribution in [3.05, 3.63) is 0 Å². The van der Waals surface area contributed by atoms with Crippen LogP contribution in [-0.4, -0.2) is 17.9 Å². The molecule has 0 aromatic rings. The third-order valence-electron chi connectivity index (χ3n) is 0.797. The van der Waals surface area contributed by atoms with Gasteiger partial charge in [0.25, 0.3) is 0 Å². The summed E-state index contributed by atoms with van der Waals surface area (Å²) in [5.41, 5.74) is 0. The van der Waals surface area contributed by atoms with Gasteiger partial charge in [-0.2, -0.15) is 0 Å². The van der Waals surface area contributed by atoms with Gasteiger partial charge in [0.05, 0.1) is 0 Å². The molecule has 0 saturated carbocycles. The first kappa shape index (κ1) is 13.6. The van der Waals surface area contributed by atoms with E-state index in [4.69, 9.17) is 8.51 Å². The average Bonchev–Trinajstić information content (AvgIpc) is 1.76. The number of hydrogen-bond acceptors (Lipinski definition) is 6. The van der Waals surface area contributed by atoms with Crippen LogP contribution in [-0.2, 0) is 43.2 Å². The van der Waals surface area contributed by atoms with Gasteiger partial charge in [-0.3, -0.25) is 0 Å². The minimum atomic E-state index is -4.79. The molecule has 0 unspecified atom stereocenters. The number of hydrogen-bond donors (Lipinski definition) is 0. The molecule has 0 radical (unpaired) electrons. The molecule has 0 rings (SSSR count). The fraction of sp³-hybridized carbons (Fsp3) is 0.500. The van der Waals surface area contributed by atoms with Crippen molar-refractivity contribution in [2.45, 2.75) is 20.8 Å². The fourth-order valence-electron chi connectivity index (χ4n) is 0.578. The summed E-state index contributed by atoms with van der Waals surface area (Å²) in [5.74, 6) is -2.30. The van der Waals surface area contributed by atoms with Crippen LogP contribution in [0, 0.1) is 0 Å². The van der Waals surface area contributed by atoms with Gasteiger partial charge >= 0.3 is 90.4 Å². The second-order valence-corrected chi connectivity index (χ2v) is 8.87. The Hall–Kier alpha value is -0.417. The SMILES string of the molecule is CC(=O)[O][Zr]([Cl])([O]C(C)=O)[O]C(C)=O. The van der Waals surface area contributed by atoms with Crippen molar-refractivity contribution in [1.82, 2.24) is 0 Å². The summed E-state index contributed by atoms with van der Waals surface area (Å²) >= 11 is -4.79. The zero-order chi connectivity index (χ0) is 11.4. The molecule has 0 aliphatic heterocycles. The van der Waals surface area contributed by atoms with Crippen LogP contribution in [0.3, 0.4) is 0 Å². The van der Waals surface area contributed by atoms with Gasteiger partial charge in [0.1, 0.15) is 0 Å². The molecular weight excluding hydrogens is 295 g/mol. The predicted octanol–water partition coefficient (Wildman–Crippen LogP) is 0.728. The van der Waals surface area contributed by atoms with Crippen molar-refractivity contribution < 1.29 is 43.2 Å². The Kier molecular flexibility index (Phi) is 5.30. The van der Waals surface area contributed by atoms with Crippen LogP contribution in [0.1, 0.15) is 20.8 Å². The molecule has 0 N–H and O–H groups in total. The summed E-state index contributed by atoms with van der Waals surface area (Å²) in [5, 5.41) is 0. The topological polar surface area (TPSA) is 78.9 Å². The summed E-state index contributed by atoms with van der Waals surface area (Å²) in [4.78, 5) is 31.8. The molecular formula is C6H9ClO6Zr.